The first-order chi connectivity index (χ1) is 9.90. The fourth-order valence-corrected chi connectivity index (χ4v) is 3.85. The zero-order valence-corrected chi connectivity index (χ0v) is 13.3. The molecule has 5 nitrogen and oxygen atoms in total. The van der Waals surface area contributed by atoms with Crippen molar-refractivity contribution in [1.82, 2.24) is 4.90 Å². The summed E-state index contributed by atoms with van der Waals surface area (Å²) in [4.78, 5) is 13.9. The van der Waals surface area contributed by atoms with Crippen molar-refractivity contribution in [2.24, 2.45) is 0 Å². The summed E-state index contributed by atoms with van der Waals surface area (Å²) < 4.78 is 24.6. The van der Waals surface area contributed by atoms with Gasteiger partial charge in [0.05, 0.1) is 15.6 Å². The second kappa shape index (κ2) is 6.66. The molecule has 1 fully saturated rings. The molecule has 1 saturated heterocycles. The van der Waals surface area contributed by atoms with Crippen molar-refractivity contribution in [1.29, 1.82) is 0 Å². The molecule has 0 atom stereocenters. The van der Waals surface area contributed by atoms with Crippen LogP contribution in [0, 0.1) is 0 Å². The van der Waals surface area contributed by atoms with Crippen LogP contribution in [-0.2, 0) is 14.6 Å². The highest BCUT2D eigenvalue weighted by Crippen LogP contribution is 2.23. The normalized spacial score (nSPS) is 16.5. The van der Waals surface area contributed by atoms with Gasteiger partial charge in [-0.25, -0.2) is 8.42 Å². The number of amides is 1. The summed E-state index contributed by atoms with van der Waals surface area (Å²) in [5, 5.41) is 0.179. The average molecular weight is 331 g/mol. The molecule has 116 valence electrons. The molecule has 1 aromatic rings. The number of nitrogens with zero attached hydrogens (tertiary/aromatic N) is 1. The third-order valence-electron chi connectivity index (χ3n) is 3.60. The number of halogens is 1. The Hall–Kier alpha value is -1.27. The molecule has 0 spiro atoms. The van der Waals surface area contributed by atoms with Gasteiger partial charge in [-0.05, 0) is 31.0 Å². The lowest BCUT2D eigenvalue weighted by Crippen LogP contribution is -2.36. The molecule has 1 amide bonds. The lowest BCUT2D eigenvalue weighted by Gasteiger charge is -2.20. The number of hydrogen-bond donors (Lipinski definition) is 1. The lowest BCUT2D eigenvalue weighted by atomic mass is 10.2. The van der Waals surface area contributed by atoms with E-state index in [1.54, 1.807) is 4.90 Å². The molecular formula is C14H19ClN2O3S. The van der Waals surface area contributed by atoms with Crippen molar-refractivity contribution in [3.8, 4) is 0 Å². The number of hydrogen-bond acceptors (Lipinski definition) is 4. The number of benzene rings is 1. The molecular weight excluding hydrogens is 312 g/mol. The first kappa shape index (κ1) is 16.1. The fraction of sp³-hybridized carbons (Fsp3) is 0.500. The van der Waals surface area contributed by atoms with Crippen LogP contribution in [-0.4, -0.2) is 38.1 Å². The SMILES string of the molecule is Nc1ccc(S(=O)(=O)CC(=O)N2CCCCCC2)cc1Cl. The van der Waals surface area contributed by atoms with Gasteiger partial charge in [-0.15, -0.1) is 0 Å². The van der Waals surface area contributed by atoms with E-state index in [-0.39, 0.29) is 15.8 Å². The Morgan fingerprint density at radius 1 is 1.19 bits per heavy atom. The monoisotopic (exact) mass is 330 g/mol. The predicted octanol–water partition coefficient (Wildman–Crippen LogP) is 2.10. The topological polar surface area (TPSA) is 80.5 Å². The summed E-state index contributed by atoms with van der Waals surface area (Å²) in [6.45, 7) is 1.27. The minimum absolute atomic E-state index is 0.0323. The highest BCUT2D eigenvalue weighted by Gasteiger charge is 2.24. The second-order valence-corrected chi connectivity index (χ2v) is 7.63. The molecule has 0 aromatic heterocycles. The Morgan fingerprint density at radius 2 is 1.81 bits per heavy atom. The molecule has 0 saturated carbocycles. The molecule has 1 aromatic carbocycles. The standard InChI is InChI=1S/C14H19ClN2O3S/c15-12-9-11(5-6-13(12)16)21(19,20)10-14(18)17-7-3-1-2-4-8-17/h5-6,9H,1-4,7-8,10,16H2. The van der Waals surface area contributed by atoms with E-state index in [9.17, 15) is 13.2 Å². The molecule has 2 rings (SSSR count). The maximum atomic E-state index is 12.3. The van der Waals surface area contributed by atoms with Gasteiger partial charge in [-0.3, -0.25) is 4.79 Å². The summed E-state index contributed by atoms with van der Waals surface area (Å²) in [7, 11) is -3.69. The van der Waals surface area contributed by atoms with E-state index in [2.05, 4.69) is 0 Å². The molecule has 21 heavy (non-hydrogen) atoms. The van der Waals surface area contributed by atoms with E-state index in [0.717, 1.165) is 25.7 Å². The fourth-order valence-electron chi connectivity index (χ4n) is 2.36. The van der Waals surface area contributed by atoms with E-state index < -0.39 is 15.6 Å². The van der Waals surface area contributed by atoms with Crippen LogP contribution >= 0.6 is 11.6 Å². The number of anilines is 1. The number of likely N-dealkylation sites (tertiary alicyclic amines) is 1. The molecule has 1 aliphatic heterocycles. The van der Waals surface area contributed by atoms with Crippen LogP contribution in [0.4, 0.5) is 5.69 Å². The highest BCUT2D eigenvalue weighted by atomic mass is 35.5. The number of rotatable bonds is 3. The summed E-state index contributed by atoms with van der Waals surface area (Å²) in [6.07, 6.45) is 4.03. The number of nitrogens with two attached hydrogens (primary N) is 1. The summed E-state index contributed by atoms with van der Waals surface area (Å²) in [5.74, 6) is -0.863. The number of carbonyl (C=O) groups is 1. The number of carbonyl (C=O) groups excluding carboxylic acids is 1. The van der Waals surface area contributed by atoms with Gasteiger partial charge >= 0.3 is 0 Å². The molecule has 2 N–H and O–H groups in total. The van der Waals surface area contributed by atoms with Crippen LogP contribution in [0.1, 0.15) is 25.7 Å². The van der Waals surface area contributed by atoms with Crippen LogP contribution in [0.5, 0.6) is 0 Å². The molecule has 7 heteroatoms. The van der Waals surface area contributed by atoms with Gasteiger partial charge in [-0.1, -0.05) is 24.4 Å². The molecule has 0 bridgehead atoms. The van der Waals surface area contributed by atoms with Gasteiger partial charge in [-0.2, -0.15) is 0 Å². The van der Waals surface area contributed by atoms with Crippen LogP contribution in [0.25, 0.3) is 0 Å². The third-order valence-corrected chi connectivity index (χ3v) is 5.53. The zero-order chi connectivity index (χ0) is 15.5. The minimum atomic E-state index is -3.69. The van der Waals surface area contributed by atoms with Gasteiger partial charge in [0.2, 0.25) is 5.91 Å². The van der Waals surface area contributed by atoms with Crippen molar-refractivity contribution in [2.75, 3.05) is 24.6 Å². The molecule has 1 heterocycles. The maximum absolute atomic E-state index is 12.3. The van der Waals surface area contributed by atoms with Crippen LogP contribution in [0.2, 0.25) is 5.02 Å². The van der Waals surface area contributed by atoms with Crippen LogP contribution in [0.3, 0.4) is 0 Å². The largest absolute Gasteiger partial charge is 0.398 e. The Balaban J connectivity index is 2.12. The van der Waals surface area contributed by atoms with Crippen molar-refractivity contribution >= 4 is 33.0 Å². The van der Waals surface area contributed by atoms with Gasteiger partial charge in [0.15, 0.2) is 9.84 Å². The summed E-state index contributed by atoms with van der Waals surface area (Å²) >= 11 is 5.84. The van der Waals surface area contributed by atoms with Crippen molar-refractivity contribution in [3.63, 3.8) is 0 Å². The average Bonchev–Trinajstić information content (AvgIpc) is 2.70. The third kappa shape index (κ3) is 4.11. The summed E-state index contributed by atoms with van der Waals surface area (Å²) in [6, 6.07) is 4.11. The lowest BCUT2D eigenvalue weighted by molar-refractivity contribution is -0.128. The van der Waals surface area contributed by atoms with Gasteiger partial charge in [0.25, 0.3) is 0 Å². The Bertz CT molecular complexity index is 623. The quantitative estimate of drug-likeness (QED) is 0.861. The van der Waals surface area contributed by atoms with E-state index in [1.165, 1.54) is 18.2 Å². The molecule has 0 aliphatic carbocycles. The maximum Gasteiger partial charge on any atom is 0.238 e. The first-order valence-electron chi connectivity index (χ1n) is 6.96. The smallest absolute Gasteiger partial charge is 0.238 e. The Morgan fingerprint density at radius 3 is 2.38 bits per heavy atom. The predicted molar refractivity (Wildman–Crippen MR) is 83.0 cm³/mol. The van der Waals surface area contributed by atoms with Gasteiger partial charge in [0.1, 0.15) is 5.75 Å². The van der Waals surface area contributed by atoms with Crippen LogP contribution < -0.4 is 5.73 Å². The van der Waals surface area contributed by atoms with Gasteiger partial charge < -0.3 is 10.6 Å². The van der Waals surface area contributed by atoms with E-state index in [0.29, 0.717) is 18.8 Å². The van der Waals surface area contributed by atoms with Crippen molar-refractivity contribution in [2.45, 2.75) is 30.6 Å². The summed E-state index contributed by atoms with van der Waals surface area (Å²) in [5.41, 5.74) is 5.88. The Kier molecular flexibility index (Phi) is 5.11. The number of nitrogen functional groups attached to an aromatic ring is 1. The minimum Gasteiger partial charge on any atom is -0.398 e. The van der Waals surface area contributed by atoms with Crippen molar-refractivity contribution < 1.29 is 13.2 Å². The first-order valence-corrected chi connectivity index (χ1v) is 8.99. The molecule has 1 aliphatic rings. The van der Waals surface area contributed by atoms with Gasteiger partial charge in [0, 0.05) is 13.1 Å². The number of sulfone groups is 1. The van der Waals surface area contributed by atoms with E-state index in [4.69, 9.17) is 17.3 Å². The zero-order valence-electron chi connectivity index (χ0n) is 11.7. The van der Waals surface area contributed by atoms with Crippen LogP contribution in [0.15, 0.2) is 23.1 Å². The highest BCUT2D eigenvalue weighted by molar-refractivity contribution is 7.92. The van der Waals surface area contributed by atoms with E-state index in [1.807, 2.05) is 0 Å². The molecule has 0 unspecified atom stereocenters. The van der Waals surface area contributed by atoms with Crippen molar-refractivity contribution in [3.05, 3.63) is 23.2 Å². The Labute approximate surface area is 130 Å². The second-order valence-electron chi connectivity index (χ2n) is 5.24. The molecule has 0 radical (unpaired) electrons. The van der Waals surface area contributed by atoms with E-state index >= 15 is 0 Å².